The summed E-state index contributed by atoms with van der Waals surface area (Å²) in [5.74, 6) is 1.69. The molecular weight excluding hydrogens is 280 g/mol. The van der Waals surface area contributed by atoms with Crippen LogP contribution in [0.25, 0.3) is 0 Å². The van der Waals surface area contributed by atoms with Crippen molar-refractivity contribution in [3.05, 3.63) is 22.8 Å². The molecule has 0 saturated heterocycles. The smallest absolute Gasteiger partial charge is 0.228 e. The molecule has 1 aromatic heterocycles. The molecule has 0 bridgehead atoms. The van der Waals surface area contributed by atoms with E-state index in [1.165, 1.54) is 0 Å². The second-order valence-corrected chi connectivity index (χ2v) is 5.72. The first-order valence-corrected chi connectivity index (χ1v) is 6.87. The molecule has 1 saturated carbocycles. The Morgan fingerprint density at radius 3 is 2.65 bits per heavy atom. The molecule has 1 amide bonds. The zero-order valence-corrected chi connectivity index (χ0v) is 11.5. The Morgan fingerprint density at radius 1 is 1.35 bits per heavy atom. The zero-order chi connectivity index (χ0) is 12.3. The average molecular weight is 297 g/mol. The Bertz CT molecular complexity index is 383. The minimum Gasteiger partial charge on any atom is -0.310 e. The third kappa shape index (κ3) is 3.53. The third-order valence-corrected chi connectivity index (χ3v) is 3.83. The predicted molar refractivity (Wildman–Crippen MR) is 71.7 cm³/mol. The lowest BCUT2D eigenvalue weighted by Crippen LogP contribution is -2.26. The van der Waals surface area contributed by atoms with Gasteiger partial charge >= 0.3 is 0 Å². The van der Waals surface area contributed by atoms with E-state index in [2.05, 4.69) is 33.2 Å². The first-order chi connectivity index (χ1) is 8.15. The van der Waals surface area contributed by atoms with Gasteiger partial charge in [0.15, 0.2) is 0 Å². The molecule has 1 aliphatic rings. The first-order valence-electron chi connectivity index (χ1n) is 6.07. The van der Waals surface area contributed by atoms with E-state index in [0.717, 1.165) is 36.1 Å². The topological polar surface area (TPSA) is 42.0 Å². The molecule has 0 atom stereocenters. The summed E-state index contributed by atoms with van der Waals surface area (Å²) >= 11 is 3.32. The van der Waals surface area contributed by atoms with Gasteiger partial charge < -0.3 is 5.32 Å². The normalized spacial score (nSPS) is 24.4. The number of halogens is 1. The highest BCUT2D eigenvalue weighted by atomic mass is 79.9. The van der Waals surface area contributed by atoms with Crippen molar-refractivity contribution in [3.8, 4) is 0 Å². The number of carbonyl (C=O) groups is 1. The summed E-state index contributed by atoms with van der Waals surface area (Å²) < 4.78 is 0.919. The number of carbonyl (C=O) groups excluding carboxylic acids is 1. The van der Waals surface area contributed by atoms with E-state index >= 15 is 0 Å². The van der Waals surface area contributed by atoms with Crippen molar-refractivity contribution in [1.82, 2.24) is 4.98 Å². The molecule has 1 fully saturated rings. The molecule has 0 aliphatic heterocycles. The summed E-state index contributed by atoms with van der Waals surface area (Å²) in [6, 6.07) is 3.69. The van der Waals surface area contributed by atoms with Crippen molar-refractivity contribution in [2.24, 2.45) is 11.8 Å². The zero-order valence-electron chi connectivity index (χ0n) is 9.95. The van der Waals surface area contributed by atoms with Crippen LogP contribution >= 0.6 is 15.9 Å². The van der Waals surface area contributed by atoms with Crippen molar-refractivity contribution >= 4 is 27.7 Å². The van der Waals surface area contributed by atoms with Gasteiger partial charge in [-0.1, -0.05) is 6.92 Å². The summed E-state index contributed by atoms with van der Waals surface area (Å²) in [5, 5.41) is 2.88. The highest BCUT2D eigenvalue weighted by Crippen LogP contribution is 2.29. The summed E-state index contributed by atoms with van der Waals surface area (Å²) in [4.78, 5) is 16.1. The summed E-state index contributed by atoms with van der Waals surface area (Å²) in [5.41, 5.74) is 0. The highest BCUT2D eigenvalue weighted by molar-refractivity contribution is 9.10. The first kappa shape index (κ1) is 12.6. The van der Waals surface area contributed by atoms with Gasteiger partial charge in [-0.05, 0) is 59.7 Å². The molecule has 17 heavy (non-hydrogen) atoms. The molecule has 2 rings (SSSR count). The van der Waals surface area contributed by atoms with Gasteiger partial charge in [0.05, 0.1) is 0 Å². The lowest BCUT2D eigenvalue weighted by atomic mass is 9.82. The highest BCUT2D eigenvalue weighted by Gasteiger charge is 2.24. The quantitative estimate of drug-likeness (QED) is 0.906. The van der Waals surface area contributed by atoms with Crippen molar-refractivity contribution in [1.29, 1.82) is 0 Å². The maximum atomic E-state index is 12.0. The number of hydrogen-bond donors (Lipinski definition) is 1. The Balaban J connectivity index is 1.90. The van der Waals surface area contributed by atoms with E-state index in [0.29, 0.717) is 5.82 Å². The van der Waals surface area contributed by atoms with E-state index < -0.39 is 0 Å². The number of pyridine rings is 1. The van der Waals surface area contributed by atoms with Crippen molar-refractivity contribution in [3.63, 3.8) is 0 Å². The van der Waals surface area contributed by atoms with Gasteiger partial charge in [0, 0.05) is 16.6 Å². The van der Waals surface area contributed by atoms with Gasteiger partial charge in [-0.3, -0.25) is 4.79 Å². The van der Waals surface area contributed by atoms with Crippen LogP contribution in [0.2, 0.25) is 0 Å². The molecular formula is C13H17BrN2O. The molecule has 92 valence electrons. The molecule has 3 nitrogen and oxygen atoms in total. The Labute approximate surface area is 110 Å². The standard InChI is InChI=1S/C13H17BrN2O/c1-9-2-4-10(5-3-9)13(17)16-12-7-6-11(14)8-15-12/h6-10H,2-5H2,1H3,(H,15,16,17). The largest absolute Gasteiger partial charge is 0.310 e. The third-order valence-electron chi connectivity index (χ3n) is 3.37. The number of hydrogen-bond acceptors (Lipinski definition) is 2. The van der Waals surface area contributed by atoms with Gasteiger partial charge in [0.2, 0.25) is 5.91 Å². The van der Waals surface area contributed by atoms with E-state index in [-0.39, 0.29) is 11.8 Å². The Kier molecular flexibility index (Phi) is 4.15. The Morgan fingerprint density at radius 2 is 2.06 bits per heavy atom. The van der Waals surface area contributed by atoms with Crippen LogP contribution in [0.4, 0.5) is 5.82 Å². The van der Waals surface area contributed by atoms with Crippen molar-refractivity contribution in [2.45, 2.75) is 32.6 Å². The maximum absolute atomic E-state index is 12.0. The molecule has 1 aliphatic carbocycles. The van der Waals surface area contributed by atoms with E-state index in [9.17, 15) is 4.79 Å². The van der Waals surface area contributed by atoms with Crippen LogP contribution in [-0.4, -0.2) is 10.9 Å². The van der Waals surface area contributed by atoms with Gasteiger partial charge in [0.1, 0.15) is 5.82 Å². The molecule has 0 radical (unpaired) electrons. The molecule has 0 unspecified atom stereocenters. The second kappa shape index (κ2) is 5.63. The van der Waals surface area contributed by atoms with E-state index in [1.807, 2.05) is 12.1 Å². The fourth-order valence-corrected chi connectivity index (χ4v) is 2.43. The van der Waals surface area contributed by atoms with Gasteiger partial charge in [0.25, 0.3) is 0 Å². The van der Waals surface area contributed by atoms with Crippen LogP contribution < -0.4 is 5.32 Å². The molecule has 4 heteroatoms. The molecule has 1 heterocycles. The van der Waals surface area contributed by atoms with Gasteiger partial charge in [-0.25, -0.2) is 4.98 Å². The van der Waals surface area contributed by atoms with Crippen LogP contribution in [0.1, 0.15) is 32.6 Å². The van der Waals surface area contributed by atoms with Gasteiger partial charge in [-0.2, -0.15) is 0 Å². The number of nitrogens with one attached hydrogen (secondary N) is 1. The molecule has 1 N–H and O–H groups in total. The fraction of sp³-hybridized carbons (Fsp3) is 0.538. The SMILES string of the molecule is CC1CCC(C(=O)Nc2ccc(Br)cn2)CC1. The monoisotopic (exact) mass is 296 g/mol. The lowest BCUT2D eigenvalue weighted by Gasteiger charge is -2.25. The molecule has 0 spiro atoms. The Hall–Kier alpha value is -0.900. The van der Waals surface area contributed by atoms with E-state index in [4.69, 9.17) is 0 Å². The van der Waals surface area contributed by atoms with Crippen LogP contribution in [0, 0.1) is 11.8 Å². The number of aromatic nitrogens is 1. The van der Waals surface area contributed by atoms with Crippen LogP contribution in [0.3, 0.4) is 0 Å². The summed E-state index contributed by atoms with van der Waals surface area (Å²) in [7, 11) is 0. The van der Waals surface area contributed by atoms with Crippen LogP contribution in [0.15, 0.2) is 22.8 Å². The van der Waals surface area contributed by atoms with Gasteiger partial charge in [-0.15, -0.1) is 0 Å². The molecule has 0 aromatic carbocycles. The number of amides is 1. The minimum absolute atomic E-state index is 0.117. The minimum atomic E-state index is 0.117. The summed E-state index contributed by atoms with van der Waals surface area (Å²) in [6.45, 7) is 2.25. The number of nitrogens with zero attached hydrogens (tertiary/aromatic N) is 1. The van der Waals surface area contributed by atoms with Crippen LogP contribution in [0.5, 0.6) is 0 Å². The summed E-state index contributed by atoms with van der Waals surface area (Å²) in [6.07, 6.45) is 6.02. The van der Waals surface area contributed by atoms with Crippen molar-refractivity contribution < 1.29 is 4.79 Å². The van der Waals surface area contributed by atoms with Crippen molar-refractivity contribution in [2.75, 3.05) is 5.32 Å². The number of rotatable bonds is 2. The second-order valence-electron chi connectivity index (χ2n) is 4.81. The number of anilines is 1. The predicted octanol–water partition coefficient (Wildman–Crippen LogP) is 3.61. The maximum Gasteiger partial charge on any atom is 0.228 e. The lowest BCUT2D eigenvalue weighted by molar-refractivity contribution is -0.121. The fourth-order valence-electron chi connectivity index (χ4n) is 2.20. The van der Waals surface area contributed by atoms with E-state index in [1.54, 1.807) is 6.20 Å². The average Bonchev–Trinajstić information content (AvgIpc) is 2.33. The van der Waals surface area contributed by atoms with Crippen LogP contribution in [-0.2, 0) is 4.79 Å². The molecule has 1 aromatic rings.